The number of methoxy groups -OCH3 is 1. The highest BCUT2D eigenvalue weighted by Gasteiger charge is 2.30. The van der Waals surface area contributed by atoms with Crippen molar-refractivity contribution in [3.8, 4) is 5.75 Å². The zero-order chi connectivity index (χ0) is 17.0. The highest BCUT2D eigenvalue weighted by Crippen LogP contribution is 2.38. The molecule has 8 heteroatoms. The van der Waals surface area contributed by atoms with Crippen LogP contribution in [0.3, 0.4) is 0 Å². The Kier molecular flexibility index (Phi) is 5.28. The fourth-order valence-electron chi connectivity index (χ4n) is 1.89. The molecule has 2 aromatic rings. The zero-order valence-corrected chi connectivity index (χ0v) is 13.5. The SMILES string of the molecule is COC(=O)c1c(F)c(Br)cc([N+](=O)[O-])c1OCc1ccccc1. The van der Waals surface area contributed by atoms with E-state index in [1.54, 1.807) is 30.3 Å². The highest BCUT2D eigenvalue weighted by molar-refractivity contribution is 9.10. The van der Waals surface area contributed by atoms with Crippen LogP contribution in [0.2, 0.25) is 0 Å². The van der Waals surface area contributed by atoms with Gasteiger partial charge in [-0.05, 0) is 21.5 Å². The first-order valence-electron chi connectivity index (χ1n) is 6.37. The van der Waals surface area contributed by atoms with Crippen LogP contribution in [0.4, 0.5) is 10.1 Å². The number of halogens is 2. The minimum atomic E-state index is -1.06. The number of benzene rings is 2. The highest BCUT2D eigenvalue weighted by atomic mass is 79.9. The maximum Gasteiger partial charge on any atom is 0.344 e. The average Bonchev–Trinajstić information content (AvgIpc) is 2.55. The van der Waals surface area contributed by atoms with Crippen molar-refractivity contribution in [1.82, 2.24) is 0 Å². The van der Waals surface area contributed by atoms with Crippen molar-refractivity contribution < 1.29 is 23.6 Å². The van der Waals surface area contributed by atoms with Crippen LogP contribution < -0.4 is 4.74 Å². The van der Waals surface area contributed by atoms with Gasteiger partial charge in [-0.2, -0.15) is 0 Å². The molecule has 0 saturated carbocycles. The normalized spacial score (nSPS) is 10.2. The summed E-state index contributed by atoms with van der Waals surface area (Å²) in [4.78, 5) is 22.2. The molecule has 0 radical (unpaired) electrons. The summed E-state index contributed by atoms with van der Waals surface area (Å²) in [6.07, 6.45) is 0. The Morgan fingerprint density at radius 2 is 2.00 bits per heavy atom. The van der Waals surface area contributed by atoms with Crippen molar-refractivity contribution in [2.75, 3.05) is 7.11 Å². The van der Waals surface area contributed by atoms with E-state index in [1.165, 1.54) is 0 Å². The molecule has 0 fully saturated rings. The molecule has 0 saturated heterocycles. The molecule has 2 rings (SSSR count). The van der Waals surface area contributed by atoms with Crippen LogP contribution >= 0.6 is 15.9 Å². The lowest BCUT2D eigenvalue weighted by Gasteiger charge is -2.12. The molecule has 0 spiro atoms. The molecule has 0 N–H and O–H groups in total. The maximum absolute atomic E-state index is 14.2. The quantitative estimate of drug-likeness (QED) is 0.444. The molecule has 0 aliphatic rings. The third-order valence-electron chi connectivity index (χ3n) is 2.96. The first-order chi connectivity index (χ1) is 11.0. The number of nitro benzene ring substituents is 1. The maximum atomic E-state index is 14.2. The number of esters is 1. The number of rotatable bonds is 5. The van der Waals surface area contributed by atoms with Crippen molar-refractivity contribution in [2.45, 2.75) is 6.61 Å². The summed E-state index contributed by atoms with van der Waals surface area (Å²) >= 11 is 2.85. The molecule has 0 aliphatic carbocycles. The molecule has 0 bridgehead atoms. The number of hydrogen-bond donors (Lipinski definition) is 0. The van der Waals surface area contributed by atoms with Gasteiger partial charge in [-0.15, -0.1) is 0 Å². The van der Waals surface area contributed by atoms with E-state index in [4.69, 9.17) is 4.74 Å². The number of carbonyl (C=O) groups is 1. The fourth-order valence-corrected chi connectivity index (χ4v) is 2.31. The summed E-state index contributed by atoms with van der Waals surface area (Å²) in [6.45, 7) is -0.0628. The van der Waals surface area contributed by atoms with Crippen molar-refractivity contribution in [2.24, 2.45) is 0 Å². The third-order valence-corrected chi connectivity index (χ3v) is 3.54. The predicted octanol–water partition coefficient (Wildman–Crippen LogP) is 3.86. The van der Waals surface area contributed by atoms with E-state index in [2.05, 4.69) is 20.7 Å². The summed E-state index contributed by atoms with van der Waals surface area (Å²) in [5.74, 6) is -2.51. The standard InChI is InChI=1S/C15H11BrFNO5/c1-22-15(19)12-13(17)10(16)7-11(18(20)21)14(12)23-8-9-5-3-2-4-6-9/h2-7H,8H2,1H3. The van der Waals surface area contributed by atoms with Gasteiger partial charge >= 0.3 is 11.7 Å². The topological polar surface area (TPSA) is 78.7 Å². The largest absolute Gasteiger partial charge is 0.481 e. The van der Waals surface area contributed by atoms with Gasteiger partial charge < -0.3 is 9.47 Å². The van der Waals surface area contributed by atoms with Crippen LogP contribution in [-0.2, 0) is 11.3 Å². The number of ether oxygens (including phenoxy) is 2. The number of nitrogens with zero attached hydrogens (tertiary/aromatic N) is 1. The number of hydrogen-bond acceptors (Lipinski definition) is 5. The Balaban J connectivity index is 2.51. The average molecular weight is 384 g/mol. The van der Waals surface area contributed by atoms with Crippen molar-refractivity contribution in [1.29, 1.82) is 0 Å². The second kappa shape index (κ2) is 7.19. The Hall–Kier alpha value is -2.48. The first kappa shape index (κ1) is 16.9. The Morgan fingerprint density at radius 1 is 1.35 bits per heavy atom. The van der Waals surface area contributed by atoms with E-state index in [9.17, 15) is 19.3 Å². The van der Waals surface area contributed by atoms with Crippen molar-refractivity contribution in [3.05, 3.63) is 67.9 Å². The van der Waals surface area contributed by atoms with Crippen molar-refractivity contribution in [3.63, 3.8) is 0 Å². The lowest BCUT2D eigenvalue weighted by molar-refractivity contribution is -0.386. The summed E-state index contributed by atoms with van der Waals surface area (Å²) in [5.41, 5.74) is -0.444. The lowest BCUT2D eigenvalue weighted by Crippen LogP contribution is -2.11. The molecule has 0 atom stereocenters. The molecule has 0 aromatic heterocycles. The molecule has 0 unspecified atom stereocenters. The summed E-state index contributed by atoms with van der Waals surface area (Å²) in [7, 11) is 1.05. The van der Waals surface area contributed by atoms with E-state index in [0.29, 0.717) is 5.56 Å². The monoisotopic (exact) mass is 383 g/mol. The van der Waals surface area contributed by atoms with Crippen molar-refractivity contribution >= 4 is 27.6 Å². The first-order valence-corrected chi connectivity index (χ1v) is 7.16. The minimum Gasteiger partial charge on any atom is -0.481 e. The Labute approximate surface area is 139 Å². The van der Waals surface area contributed by atoms with E-state index in [-0.39, 0.29) is 11.1 Å². The van der Waals surface area contributed by atoms with Gasteiger partial charge in [-0.1, -0.05) is 30.3 Å². The van der Waals surface area contributed by atoms with Crippen LogP contribution in [0.25, 0.3) is 0 Å². The summed E-state index contributed by atoms with van der Waals surface area (Å²) in [5, 5.41) is 11.2. The fraction of sp³-hybridized carbons (Fsp3) is 0.133. The molecule has 6 nitrogen and oxygen atoms in total. The second-order valence-corrected chi connectivity index (χ2v) is 5.27. The van der Waals surface area contributed by atoms with Gasteiger partial charge in [-0.25, -0.2) is 9.18 Å². The molecule has 120 valence electrons. The smallest absolute Gasteiger partial charge is 0.344 e. The van der Waals surface area contributed by atoms with Crippen LogP contribution in [0.1, 0.15) is 15.9 Å². The van der Waals surface area contributed by atoms with Gasteiger partial charge in [0.05, 0.1) is 16.5 Å². The van der Waals surface area contributed by atoms with Gasteiger partial charge in [0.15, 0.2) is 5.82 Å². The van der Waals surface area contributed by atoms with E-state index in [0.717, 1.165) is 13.2 Å². The molecular weight excluding hydrogens is 373 g/mol. The predicted molar refractivity (Wildman–Crippen MR) is 82.9 cm³/mol. The molecule has 0 amide bonds. The van der Waals surface area contributed by atoms with E-state index in [1.807, 2.05) is 0 Å². The molecule has 23 heavy (non-hydrogen) atoms. The van der Waals surface area contributed by atoms with Crippen LogP contribution in [-0.4, -0.2) is 18.0 Å². The van der Waals surface area contributed by atoms with Gasteiger partial charge in [0, 0.05) is 6.07 Å². The third kappa shape index (κ3) is 3.65. The van der Waals surface area contributed by atoms with Crippen LogP contribution in [0.5, 0.6) is 5.75 Å². The van der Waals surface area contributed by atoms with Gasteiger partial charge in [0.2, 0.25) is 5.75 Å². The summed E-state index contributed by atoms with van der Waals surface area (Å²) < 4.78 is 23.9. The molecular formula is C15H11BrFNO5. The Morgan fingerprint density at radius 3 is 2.57 bits per heavy atom. The molecule has 0 aliphatic heterocycles. The lowest BCUT2D eigenvalue weighted by atomic mass is 10.1. The van der Waals surface area contributed by atoms with Crippen LogP contribution in [0.15, 0.2) is 40.9 Å². The van der Waals surface area contributed by atoms with E-state index < -0.39 is 33.7 Å². The van der Waals surface area contributed by atoms with Gasteiger partial charge in [-0.3, -0.25) is 10.1 Å². The van der Waals surface area contributed by atoms with Crippen LogP contribution in [0, 0.1) is 15.9 Å². The van der Waals surface area contributed by atoms with Gasteiger partial charge in [0.25, 0.3) is 0 Å². The Bertz CT molecular complexity index is 751. The number of nitro groups is 1. The van der Waals surface area contributed by atoms with E-state index >= 15 is 0 Å². The summed E-state index contributed by atoms with van der Waals surface area (Å²) in [6, 6.07) is 9.73. The molecule has 0 heterocycles. The van der Waals surface area contributed by atoms with Gasteiger partial charge in [0.1, 0.15) is 12.2 Å². The second-order valence-electron chi connectivity index (χ2n) is 4.42. The number of carbonyl (C=O) groups excluding carboxylic acids is 1. The minimum absolute atomic E-state index is 0.0628. The zero-order valence-electron chi connectivity index (χ0n) is 11.9. The molecule has 2 aromatic carbocycles.